The van der Waals surface area contributed by atoms with E-state index in [4.69, 9.17) is 10.5 Å². The van der Waals surface area contributed by atoms with Crippen LogP contribution in [0.3, 0.4) is 0 Å². The molecule has 3 rings (SSSR count). The Morgan fingerprint density at radius 3 is 2.50 bits per heavy atom. The van der Waals surface area contributed by atoms with Crippen LogP contribution in [-0.4, -0.2) is 65.8 Å². The van der Waals surface area contributed by atoms with Crippen molar-refractivity contribution < 1.29 is 23.9 Å². The number of nitrogens with zero attached hydrogens (tertiary/aromatic N) is 2. The fourth-order valence-corrected chi connectivity index (χ4v) is 4.42. The number of hydrogen-bond donors (Lipinski definition) is 1. The Morgan fingerprint density at radius 2 is 1.86 bits per heavy atom. The Balaban J connectivity index is 1.45. The van der Waals surface area contributed by atoms with Gasteiger partial charge in [-0.25, -0.2) is 0 Å². The molecule has 0 bridgehead atoms. The van der Waals surface area contributed by atoms with Crippen molar-refractivity contribution in [2.75, 3.05) is 26.2 Å². The van der Waals surface area contributed by atoms with Crippen LogP contribution in [0.15, 0.2) is 17.5 Å². The molecule has 0 saturated carbocycles. The number of primary amides is 1. The lowest BCUT2D eigenvalue weighted by atomic mass is 9.97. The van der Waals surface area contributed by atoms with E-state index in [1.807, 2.05) is 11.4 Å². The van der Waals surface area contributed by atoms with Crippen molar-refractivity contribution in [3.05, 3.63) is 22.4 Å². The highest BCUT2D eigenvalue weighted by atomic mass is 32.1. The molecule has 0 aliphatic carbocycles. The summed E-state index contributed by atoms with van der Waals surface area (Å²) in [5.74, 6) is -1.68. The summed E-state index contributed by atoms with van der Waals surface area (Å²) in [5.41, 5.74) is 5.37. The van der Waals surface area contributed by atoms with Crippen molar-refractivity contribution in [2.45, 2.75) is 38.1 Å². The smallest absolute Gasteiger partial charge is 0.309 e. The average Bonchev–Trinajstić information content (AvgIpc) is 3.26. The molecule has 0 unspecified atom stereocenters. The van der Waals surface area contributed by atoms with Gasteiger partial charge in [-0.05, 0) is 43.6 Å². The van der Waals surface area contributed by atoms with E-state index in [1.54, 1.807) is 11.0 Å². The molecule has 0 radical (unpaired) electrons. The van der Waals surface area contributed by atoms with Crippen LogP contribution in [0.4, 0.5) is 0 Å². The Labute approximate surface area is 167 Å². The summed E-state index contributed by atoms with van der Waals surface area (Å²) in [6.45, 7) is 1.05. The summed E-state index contributed by atoms with van der Waals surface area (Å²) in [7, 11) is 0. The van der Waals surface area contributed by atoms with Crippen LogP contribution in [0.5, 0.6) is 0 Å². The van der Waals surface area contributed by atoms with Gasteiger partial charge in [-0.15, -0.1) is 11.3 Å². The minimum atomic E-state index is -0.619. The highest BCUT2D eigenvalue weighted by Crippen LogP contribution is 2.22. The van der Waals surface area contributed by atoms with Crippen LogP contribution in [0.25, 0.3) is 0 Å². The van der Waals surface area contributed by atoms with E-state index in [0.29, 0.717) is 43.8 Å². The van der Waals surface area contributed by atoms with Crippen molar-refractivity contribution >= 4 is 35.0 Å². The van der Waals surface area contributed by atoms with Crippen LogP contribution in [0.1, 0.15) is 41.8 Å². The number of hydrogen-bond acceptors (Lipinski definition) is 6. The number of thiophene rings is 1. The second-order valence-electron chi connectivity index (χ2n) is 7.15. The van der Waals surface area contributed by atoms with E-state index < -0.39 is 17.9 Å². The van der Waals surface area contributed by atoms with Crippen molar-refractivity contribution in [1.82, 2.24) is 9.80 Å². The molecule has 3 amide bonds. The third-order valence-electron chi connectivity index (χ3n) is 5.34. The Kier molecular flexibility index (Phi) is 6.66. The number of likely N-dealkylation sites (tertiary alicyclic amines) is 2. The lowest BCUT2D eigenvalue weighted by molar-refractivity contribution is -0.158. The number of esters is 1. The van der Waals surface area contributed by atoms with Gasteiger partial charge in [0.1, 0.15) is 6.04 Å². The second-order valence-corrected chi connectivity index (χ2v) is 8.10. The molecule has 28 heavy (non-hydrogen) atoms. The topological polar surface area (TPSA) is 110 Å². The van der Waals surface area contributed by atoms with Crippen LogP contribution in [0.2, 0.25) is 0 Å². The van der Waals surface area contributed by atoms with Gasteiger partial charge in [0.25, 0.3) is 11.8 Å². The van der Waals surface area contributed by atoms with Crippen molar-refractivity contribution in [3.8, 4) is 0 Å². The predicted octanol–water partition coefficient (Wildman–Crippen LogP) is 1.01. The van der Waals surface area contributed by atoms with Gasteiger partial charge in [-0.3, -0.25) is 19.2 Å². The zero-order valence-electron chi connectivity index (χ0n) is 15.7. The van der Waals surface area contributed by atoms with Crippen molar-refractivity contribution in [3.63, 3.8) is 0 Å². The zero-order chi connectivity index (χ0) is 20.1. The molecule has 2 N–H and O–H groups in total. The Morgan fingerprint density at radius 1 is 1.11 bits per heavy atom. The maximum atomic E-state index is 12.4. The molecule has 152 valence electrons. The number of piperidine rings is 2. The quantitative estimate of drug-likeness (QED) is 0.733. The molecule has 1 aromatic heterocycles. The molecule has 1 atom stereocenters. The molecule has 3 heterocycles. The molecule has 1 aromatic rings. The SMILES string of the molecule is NC(=O)[C@@H]1CCCCN1C(=O)COC(=O)C1CCN(C(=O)c2cccs2)CC1. The monoisotopic (exact) mass is 407 g/mol. The molecular formula is C19H25N3O5S. The zero-order valence-corrected chi connectivity index (χ0v) is 16.5. The number of rotatable bonds is 5. The van der Waals surface area contributed by atoms with E-state index in [2.05, 4.69) is 0 Å². The number of ether oxygens (including phenoxy) is 1. The molecule has 8 nitrogen and oxygen atoms in total. The minimum absolute atomic E-state index is 0.0143. The highest BCUT2D eigenvalue weighted by molar-refractivity contribution is 7.12. The molecule has 0 aromatic carbocycles. The first-order valence-corrected chi connectivity index (χ1v) is 10.4. The molecule has 2 saturated heterocycles. The molecule has 0 spiro atoms. The van der Waals surface area contributed by atoms with Gasteiger partial charge in [-0.2, -0.15) is 0 Å². The van der Waals surface area contributed by atoms with Crippen LogP contribution < -0.4 is 5.73 Å². The fraction of sp³-hybridized carbons (Fsp3) is 0.579. The molecule has 9 heteroatoms. The van der Waals surface area contributed by atoms with Gasteiger partial charge in [0.2, 0.25) is 5.91 Å². The minimum Gasteiger partial charge on any atom is -0.455 e. The maximum absolute atomic E-state index is 12.4. The fourth-order valence-electron chi connectivity index (χ4n) is 3.73. The summed E-state index contributed by atoms with van der Waals surface area (Å²) in [6, 6.07) is 3.01. The third-order valence-corrected chi connectivity index (χ3v) is 6.19. The summed E-state index contributed by atoms with van der Waals surface area (Å²) < 4.78 is 5.21. The lowest BCUT2D eigenvalue weighted by Gasteiger charge is -2.34. The molecule has 2 fully saturated rings. The first-order valence-electron chi connectivity index (χ1n) is 9.55. The van der Waals surface area contributed by atoms with Gasteiger partial charge in [-0.1, -0.05) is 6.07 Å². The molecule has 2 aliphatic heterocycles. The van der Waals surface area contributed by atoms with Crippen LogP contribution >= 0.6 is 11.3 Å². The van der Waals surface area contributed by atoms with E-state index in [-0.39, 0.29) is 24.3 Å². The van der Waals surface area contributed by atoms with Crippen molar-refractivity contribution in [1.29, 1.82) is 0 Å². The summed E-state index contributed by atoms with van der Waals surface area (Å²) in [4.78, 5) is 52.4. The maximum Gasteiger partial charge on any atom is 0.309 e. The van der Waals surface area contributed by atoms with Gasteiger partial charge >= 0.3 is 5.97 Å². The van der Waals surface area contributed by atoms with Crippen molar-refractivity contribution in [2.24, 2.45) is 11.7 Å². The number of nitrogens with two attached hydrogens (primary N) is 1. The summed E-state index contributed by atoms with van der Waals surface area (Å²) >= 11 is 1.40. The van der Waals surface area contributed by atoms with Gasteiger partial charge < -0.3 is 20.3 Å². The number of carbonyl (C=O) groups excluding carboxylic acids is 4. The Hall–Kier alpha value is -2.42. The van der Waals surface area contributed by atoms with E-state index in [1.165, 1.54) is 16.2 Å². The summed E-state index contributed by atoms with van der Waals surface area (Å²) in [5, 5.41) is 1.86. The predicted molar refractivity (Wildman–Crippen MR) is 102 cm³/mol. The number of amides is 3. The van der Waals surface area contributed by atoms with E-state index in [9.17, 15) is 19.2 Å². The summed E-state index contributed by atoms with van der Waals surface area (Å²) in [6.07, 6.45) is 3.22. The molecule has 2 aliphatic rings. The average molecular weight is 407 g/mol. The Bertz CT molecular complexity index is 728. The van der Waals surface area contributed by atoms with E-state index in [0.717, 1.165) is 12.8 Å². The van der Waals surface area contributed by atoms with Crippen LogP contribution in [-0.2, 0) is 19.1 Å². The first-order chi connectivity index (χ1) is 13.5. The second kappa shape index (κ2) is 9.18. The third kappa shape index (κ3) is 4.70. The largest absolute Gasteiger partial charge is 0.455 e. The highest BCUT2D eigenvalue weighted by Gasteiger charge is 2.33. The first kappa shape index (κ1) is 20.3. The van der Waals surface area contributed by atoms with Gasteiger partial charge in [0, 0.05) is 19.6 Å². The van der Waals surface area contributed by atoms with E-state index >= 15 is 0 Å². The van der Waals surface area contributed by atoms with Gasteiger partial charge in [0.15, 0.2) is 6.61 Å². The molecular weight excluding hydrogens is 382 g/mol. The van der Waals surface area contributed by atoms with Gasteiger partial charge in [0.05, 0.1) is 10.8 Å². The normalized spacial score (nSPS) is 20.6. The lowest BCUT2D eigenvalue weighted by Crippen LogP contribution is -2.51. The van der Waals surface area contributed by atoms with Crippen LogP contribution in [0, 0.1) is 5.92 Å². The number of carbonyl (C=O) groups is 4. The standard InChI is InChI=1S/C19H25N3O5S/c20-17(24)14-4-1-2-8-22(14)16(23)12-27-19(26)13-6-9-21(10-7-13)18(25)15-5-3-11-28-15/h3,5,11,13-14H,1-2,4,6-10,12H2,(H2,20,24)/t14-/m0/s1.